The molecule has 190 valence electrons. The molecule has 36 heavy (non-hydrogen) atoms. The predicted octanol–water partition coefficient (Wildman–Crippen LogP) is 4.66. The van der Waals surface area contributed by atoms with Gasteiger partial charge < -0.3 is 24.3 Å². The molecule has 0 spiro atoms. The molecular weight excluding hydrogens is 465 g/mol. The van der Waals surface area contributed by atoms with E-state index < -0.39 is 22.8 Å². The molecule has 1 aliphatic rings. The van der Waals surface area contributed by atoms with Crippen LogP contribution < -0.4 is 4.74 Å². The lowest BCUT2D eigenvalue weighted by Crippen LogP contribution is -2.35. The number of carboxylic acid groups (broad SMARTS) is 1. The van der Waals surface area contributed by atoms with Gasteiger partial charge in [-0.05, 0) is 55.0 Å². The molecule has 5 rings (SSSR count). The van der Waals surface area contributed by atoms with Crippen LogP contribution in [0.25, 0.3) is 27.5 Å². The van der Waals surface area contributed by atoms with Crippen molar-refractivity contribution in [3.63, 3.8) is 0 Å². The monoisotopic (exact) mass is 495 g/mol. The Morgan fingerprint density at radius 1 is 1.31 bits per heavy atom. The number of hydrogen-bond acceptors (Lipinski definition) is 5. The average Bonchev–Trinajstić information content (AvgIpc) is 3.53. The Labute approximate surface area is 207 Å². The van der Waals surface area contributed by atoms with Gasteiger partial charge in [0, 0.05) is 40.7 Å². The Balaban J connectivity index is 1.88. The van der Waals surface area contributed by atoms with Crippen LogP contribution in [0.3, 0.4) is 0 Å². The first kappa shape index (κ1) is 24.3. The average molecular weight is 496 g/mol. The van der Waals surface area contributed by atoms with Crippen LogP contribution in [-0.2, 0) is 14.9 Å². The van der Waals surface area contributed by atoms with Gasteiger partial charge >= 0.3 is 5.97 Å². The summed E-state index contributed by atoms with van der Waals surface area (Å²) in [4.78, 5) is 11.9. The van der Waals surface area contributed by atoms with Crippen molar-refractivity contribution < 1.29 is 28.9 Å². The van der Waals surface area contributed by atoms with E-state index in [1.165, 1.54) is 13.2 Å². The van der Waals surface area contributed by atoms with Crippen molar-refractivity contribution in [1.29, 1.82) is 0 Å². The van der Waals surface area contributed by atoms with Gasteiger partial charge in [0.15, 0.2) is 17.2 Å². The van der Waals surface area contributed by atoms with Crippen LogP contribution in [0.1, 0.15) is 50.3 Å². The van der Waals surface area contributed by atoms with E-state index in [1.807, 2.05) is 12.1 Å². The highest BCUT2D eigenvalue weighted by Crippen LogP contribution is 2.49. The second kappa shape index (κ2) is 8.60. The molecule has 2 heterocycles. The molecule has 2 atom stereocenters. The Morgan fingerprint density at radius 2 is 2.08 bits per heavy atom. The van der Waals surface area contributed by atoms with Crippen LogP contribution in [0, 0.1) is 5.82 Å². The first-order valence-corrected chi connectivity index (χ1v) is 11.9. The first-order valence-electron chi connectivity index (χ1n) is 11.9. The molecule has 0 radical (unpaired) electrons. The molecule has 0 saturated heterocycles. The fourth-order valence-corrected chi connectivity index (χ4v) is 5.78. The van der Waals surface area contributed by atoms with Crippen LogP contribution in [0.4, 0.5) is 4.39 Å². The zero-order valence-electron chi connectivity index (χ0n) is 20.8. The fourth-order valence-electron chi connectivity index (χ4n) is 5.78. The molecule has 1 saturated carbocycles. The molecule has 0 amide bonds. The molecule has 4 aromatic rings. The maximum absolute atomic E-state index is 14.4. The van der Waals surface area contributed by atoms with Gasteiger partial charge in [-0.3, -0.25) is 5.10 Å². The van der Waals surface area contributed by atoms with E-state index in [0.717, 1.165) is 33.1 Å². The standard InChI is InChI=1S/C27H30FN3O5/c1-26(2,14-35-3)24-23(15-7-8-27(34,12-15)25(32)33)18-11-20-16(13-29-30-20)9-21(18)31(24)17-5-6-19(28)22(10-17)36-4/h5-6,9-11,13,15,34H,7-8,12,14H2,1-4H3,(H,29,30)(H,32,33)/t15-,27+/m1/s1. The van der Waals surface area contributed by atoms with Gasteiger partial charge in [-0.2, -0.15) is 5.10 Å². The topological polar surface area (TPSA) is 110 Å². The van der Waals surface area contributed by atoms with Crippen molar-refractivity contribution in [2.24, 2.45) is 0 Å². The number of benzene rings is 2. The quantitative estimate of drug-likeness (QED) is 0.344. The summed E-state index contributed by atoms with van der Waals surface area (Å²) in [6.45, 7) is 4.53. The number of carbonyl (C=O) groups is 1. The number of aromatic nitrogens is 3. The highest BCUT2D eigenvalue weighted by atomic mass is 19.1. The van der Waals surface area contributed by atoms with E-state index in [0.29, 0.717) is 18.7 Å². The number of nitrogens with one attached hydrogen (secondary N) is 1. The number of fused-ring (bicyclic) bond motifs is 2. The Morgan fingerprint density at radius 3 is 2.75 bits per heavy atom. The van der Waals surface area contributed by atoms with Gasteiger partial charge in [0.2, 0.25) is 0 Å². The molecule has 1 aliphatic carbocycles. The number of hydrogen-bond donors (Lipinski definition) is 3. The number of aliphatic hydroxyl groups is 1. The molecular formula is C27H30FN3O5. The molecule has 2 aromatic carbocycles. The lowest BCUT2D eigenvalue weighted by Gasteiger charge is -2.30. The molecule has 8 nitrogen and oxygen atoms in total. The molecule has 9 heteroatoms. The summed E-state index contributed by atoms with van der Waals surface area (Å²) in [6.07, 6.45) is 2.53. The van der Waals surface area contributed by atoms with E-state index in [9.17, 15) is 19.4 Å². The lowest BCUT2D eigenvalue weighted by molar-refractivity contribution is -0.157. The summed E-state index contributed by atoms with van der Waals surface area (Å²) in [6, 6.07) is 8.79. The molecule has 0 bridgehead atoms. The SMILES string of the molecule is COCC(C)(C)c1c([C@@H]2CC[C@@](O)(C(=O)O)C2)c2cc3[nH]ncc3cc2n1-c1ccc(F)c(OC)c1. The summed E-state index contributed by atoms with van der Waals surface area (Å²) >= 11 is 0. The Hall–Kier alpha value is -3.43. The molecule has 0 aliphatic heterocycles. The van der Waals surface area contributed by atoms with Gasteiger partial charge in [-0.15, -0.1) is 0 Å². The van der Waals surface area contributed by atoms with Crippen molar-refractivity contribution in [2.75, 3.05) is 20.8 Å². The number of aromatic amines is 1. The van der Waals surface area contributed by atoms with E-state index in [2.05, 4.69) is 28.6 Å². The summed E-state index contributed by atoms with van der Waals surface area (Å²) in [5.74, 6) is -1.75. The van der Waals surface area contributed by atoms with Crippen molar-refractivity contribution in [1.82, 2.24) is 14.8 Å². The molecule has 3 N–H and O–H groups in total. The predicted molar refractivity (Wildman–Crippen MR) is 134 cm³/mol. The molecule has 0 unspecified atom stereocenters. The maximum atomic E-state index is 14.4. The largest absolute Gasteiger partial charge is 0.494 e. The summed E-state index contributed by atoms with van der Waals surface area (Å²) in [5, 5.41) is 29.6. The van der Waals surface area contributed by atoms with Gasteiger partial charge in [0.05, 0.1) is 30.9 Å². The van der Waals surface area contributed by atoms with Crippen molar-refractivity contribution in [2.45, 2.75) is 50.0 Å². The summed E-state index contributed by atoms with van der Waals surface area (Å²) in [5.41, 5.74) is 2.02. The number of rotatable bonds is 7. The Kier molecular flexibility index (Phi) is 5.80. The number of methoxy groups -OCH3 is 2. The number of ether oxygens (including phenoxy) is 2. The van der Waals surface area contributed by atoms with E-state index in [-0.39, 0.29) is 24.5 Å². The third-order valence-corrected chi connectivity index (χ3v) is 7.40. The van der Waals surface area contributed by atoms with Crippen LogP contribution in [0.15, 0.2) is 36.5 Å². The second-order valence-electron chi connectivity index (χ2n) is 10.3. The first-order chi connectivity index (χ1) is 17.1. The van der Waals surface area contributed by atoms with Crippen LogP contribution in [0.2, 0.25) is 0 Å². The zero-order valence-corrected chi connectivity index (χ0v) is 20.8. The van der Waals surface area contributed by atoms with Gasteiger partial charge in [0.25, 0.3) is 0 Å². The number of aliphatic carboxylic acids is 1. The highest BCUT2D eigenvalue weighted by molar-refractivity contribution is 5.99. The third kappa shape index (κ3) is 3.74. The summed E-state index contributed by atoms with van der Waals surface area (Å²) < 4.78 is 27.4. The van der Waals surface area contributed by atoms with Crippen molar-refractivity contribution in [3.8, 4) is 11.4 Å². The van der Waals surface area contributed by atoms with Gasteiger partial charge in [-0.25, -0.2) is 9.18 Å². The third-order valence-electron chi connectivity index (χ3n) is 7.40. The Bertz CT molecular complexity index is 1470. The summed E-state index contributed by atoms with van der Waals surface area (Å²) in [7, 11) is 3.07. The van der Waals surface area contributed by atoms with Crippen LogP contribution in [-0.4, -0.2) is 57.4 Å². The van der Waals surface area contributed by atoms with Crippen molar-refractivity contribution >= 4 is 27.8 Å². The van der Waals surface area contributed by atoms with Gasteiger partial charge in [-0.1, -0.05) is 13.8 Å². The second-order valence-corrected chi connectivity index (χ2v) is 10.3. The lowest BCUT2D eigenvalue weighted by atomic mass is 9.81. The highest BCUT2D eigenvalue weighted by Gasteiger charge is 2.47. The number of halogens is 1. The molecule has 1 fully saturated rings. The normalized spacial score (nSPS) is 20.4. The number of nitrogens with zero attached hydrogens (tertiary/aromatic N) is 2. The fraction of sp³-hybridized carbons (Fsp3) is 0.407. The van der Waals surface area contributed by atoms with Gasteiger partial charge in [0.1, 0.15) is 0 Å². The number of H-pyrrole nitrogens is 1. The minimum Gasteiger partial charge on any atom is -0.494 e. The zero-order chi connectivity index (χ0) is 25.8. The van der Waals surface area contributed by atoms with E-state index >= 15 is 0 Å². The van der Waals surface area contributed by atoms with Crippen molar-refractivity contribution in [3.05, 3.63) is 53.6 Å². The maximum Gasteiger partial charge on any atom is 0.335 e. The van der Waals surface area contributed by atoms with E-state index in [4.69, 9.17) is 9.47 Å². The minimum atomic E-state index is -1.78. The number of carboxylic acids is 1. The van der Waals surface area contributed by atoms with Crippen LogP contribution >= 0.6 is 0 Å². The van der Waals surface area contributed by atoms with E-state index in [1.54, 1.807) is 25.4 Å². The van der Waals surface area contributed by atoms with Crippen LogP contribution in [0.5, 0.6) is 5.75 Å². The minimum absolute atomic E-state index is 0.102. The smallest absolute Gasteiger partial charge is 0.335 e. The molecule has 2 aromatic heterocycles.